The number of nitrogen functional groups attached to an aromatic ring is 1. The average molecular weight is 298 g/mol. The highest BCUT2D eigenvalue weighted by atomic mass is 79.9. The van der Waals surface area contributed by atoms with Crippen molar-refractivity contribution in [2.75, 3.05) is 17.2 Å². The van der Waals surface area contributed by atoms with Crippen LogP contribution in [0.25, 0.3) is 0 Å². The van der Waals surface area contributed by atoms with Crippen molar-refractivity contribution in [3.8, 4) is 0 Å². The summed E-state index contributed by atoms with van der Waals surface area (Å²) in [5.41, 5.74) is 6.45. The van der Waals surface area contributed by atoms with Crippen LogP contribution in [0, 0.1) is 0 Å². The number of anilines is 2. The van der Waals surface area contributed by atoms with E-state index in [1.807, 2.05) is 6.07 Å². The highest BCUT2D eigenvalue weighted by molar-refractivity contribution is 9.10. The zero-order valence-corrected chi connectivity index (χ0v) is 11.9. The van der Waals surface area contributed by atoms with Crippen LogP contribution in [0.3, 0.4) is 0 Å². The highest BCUT2D eigenvalue weighted by Crippen LogP contribution is 2.31. The summed E-state index contributed by atoms with van der Waals surface area (Å²) in [6.07, 6.45) is 8.11. The molecule has 1 aromatic heterocycles. The van der Waals surface area contributed by atoms with Crippen LogP contribution in [-0.4, -0.2) is 17.6 Å². The molecule has 0 saturated carbocycles. The Hall–Kier alpha value is -0.770. The molecule has 1 aliphatic heterocycles. The summed E-state index contributed by atoms with van der Waals surface area (Å²) in [6, 6.07) is 2.58. The van der Waals surface area contributed by atoms with Gasteiger partial charge in [-0.1, -0.05) is 13.3 Å². The van der Waals surface area contributed by atoms with Gasteiger partial charge in [-0.3, -0.25) is 0 Å². The van der Waals surface area contributed by atoms with Crippen molar-refractivity contribution in [2.45, 2.75) is 45.1 Å². The number of halogens is 1. The largest absolute Gasteiger partial charge is 0.397 e. The Labute approximate surface area is 112 Å². The molecule has 0 aromatic carbocycles. The van der Waals surface area contributed by atoms with Gasteiger partial charge in [0.1, 0.15) is 5.82 Å². The molecule has 1 unspecified atom stereocenters. The van der Waals surface area contributed by atoms with Crippen LogP contribution in [0.15, 0.2) is 16.7 Å². The lowest BCUT2D eigenvalue weighted by atomic mass is 9.98. The van der Waals surface area contributed by atoms with Crippen LogP contribution in [0.2, 0.25) is 0 Å². The minimum Gasteiger partial charge on any atom is -0.397 e. The molecule has 0 aliphatic carbocycles. The van der Waals surface area contributed by atoms with Crippen LogP contribution in [0.5, 0.6) is 0 Å². The first-order valence-electron chi connectivity index (χ1n) is 6.40. The van der Waals surface area contributed by atoms with Gasteiger partial charge in [0.25, 0.3) is 0 Å². The van der Waals surface area contributed by atoms with Crippen molar-refractivity contribution in [3.05, 3.63) is 16.7 Å². The Morgan fingerprint density at radius 2 is 2.35 bits per heavy atom. The van der Waals surface area contributed by atoms with Gasteiger partial charge in [0.15, 0.2) is 0 Å². The van der Waals surface area contributed by atoms with Crippen LogP contribution in [0.1, 0.15) is 39.0 Å². The third-order valence-electron chi connectivity index (χ3n) is 3.36. The summed E-state index contributed by atoms with van der Waals surface area (Å²) in [5.74, 6) is 1.05. The van der Waals surface area contributed by atoms with E-state index in [4.69, 9.17) is 5.73 Å². The van der Waals surface area contributed by atoms with Crippen LogP contribution >= 0.6 is 15.9 Å². The van der Waals surface area contributed by atoms with E-state index < -0.39 is 0 Å². The van der Waals surface area contributed by atoms with Crippen LogP contribution in [0.4, 0.5) is 11.5 Å². The molecule has 1 saturated heterocycles. The average Bonchev–Trinajstić information content (AvgIpc) is 2.31. The van der Waals surface area contributed by atoms with Crippen molar-refractivity contribution in [3.63, 3.8) is 0 Å². The lowest BCUT2D eigenvalue weighted by molar-refractivity contribution is 0.431. The van der Waals surface area contributed by atoms with E-state index in [9.17, 15) is 0 Å². The molecule has 0 spiro atoms. The maximum Gasteiger partial charge on any atom is 0.143 e. The lowest BCUT2D eigenvalue weighted by Gasteiger charge is -2.37. The van der Waals surface area contributed by atoms with Crippen molar-refractivity contribution in [1.82, 2.24) is 4.98 Å². The first-order chi connectivity index (χ1) is 8.22. The highest BCUT2D eigenvalue weighted by Gasteiger charge is 2.24. The zero-order chi connectivity index (χ0) is 12.3. The molecular formula is C13H20BrN3. The first-order valence-corrected chi connectivity index (χ1v) is 7.19. The Morgan fingerprint density at radius 3 is 3.06 bits per heavy atom. The molecule has 4 heteroatoms. The number of pyridine rings is 1. The van der Waals surface area contributed by atoms with Crippen molar-refractivity contribution < 1.29 is 0 Å². The van der Waals surface area contributed by atoms with Gasteiger partial charge in [-0.2, -0.15) is 0 Å². The lowest BCUT2D eigenvalue weighted by Crippen LogP contribution is -2.40. The predicted octanol–water partition coefficient (Wildman–Crippen LogP) is 3.59. The van der Waals surface area contributed by atoms with E-state index in [0.29, 0.717) is 11.7 Å². The van der Waals surface area contributed by atoms with Gasteiger partial charge in [0, 0.05) is 12.6 Å². The topological polar surface area (TPSA) is 42.2 Å². The van der Waals surface area contributed by atoms with Crippen molar-refractivity contribution in [1.29, 1.82) is 0 Å². The molecule has 2 N–H and O–H groups in total. The monoisotopic (exact) mass is 297 g/mol. The molecule has 1 fully saturated rings. The molecule has 0 bridgehead atoms. The Kier molecular flexibility index (Phi) is 4.26. The normalized spacial score (nSPS) is 20.6. The number of rotatable bonds is 3. The first kappa shape index (κ1) is 12.7. The zero-order valence-electron chi connectivity index (χ0n) is 10.3. The molecule has 2 rings (SSSR count). The van der Waals surface area contributed by atoms with Crippen molar-refractivity contribution >= 4 is 27.4 Å². The number of nitrogens with zero attached hydrogens (tertiary/aromatic N) is 2. The van der Waals surface area contributed by atoms with E-state index in [1.165, 1.54) is 32.1 Å². The molecule has 17 heavy (non-hydrogen) atoms. The minimum absolute atomic E-state index is 0.640. The fourth-order valence-electron chi connectivity index (χ4n) is 2.57. The van der Waals surface area contributed by atoms with Gasteiger partial charge < -0.3 is 10.6 Å². The number of aromatic nitrogens is 1. The number of hydrogen-bond acceptors (Lipinski definition) is 3. The standard InChI is InChI=1S/C13H20BrN3/c1-2-5-11-6-3-4-7-17(11)13-12(14)8-10(15)9-16-13/h8-9,11H,2-7,15H2,1H3. The van der Waals surface area contributed by atoms with Crippen LogP contribution in [-0.2, 0) is 0 Å². The summed E-state index contributed by atoms with van der Waals surface area (Å²) in [6.45, 7) is 3.36. The summed E-state index contributed by atoms with van der Waals surface area (Å²) in [7, 11) is 0. The molecule has 1 atom stereocenters. The van der Waals surface area contributed by atoms with E-state index in [0.717, 1.165) is 16.8 Å². The van der Waals surface area contributed by atoms with Gasteiger partial charge in [-0.05, 0) is 47.7 Å². The predicted molar refractivity (Wildman–Crippen MR) is 76.2 cm³/mol. The van der Waals surface area contributed by atoms with Gasteiger partial charge in [0.2, 0.25) is 0 Å². The molecule has 3 nitrogen and oxygen atoms in total. The van der Waals surface area contributed by atoms with Gasteiger partial charge in [-0.25, -0.2) is 4.98 Å². The summed E-state index contributed by atoms with van der Waals surface area (Å²) < 4.78 is 1.01. The van der Waals surface area contributed by atoms with E-state index in [-0.39, 0.29) is 0 Å². The van der Waals surface area contributed by atoms with E-state index in [1.54, 1.807) is 6.20 Å². The quantitative estimate of drug-likeness (QED) is 0.927. The van der Waals surface area contributed by atoms with E-state index >= 15 is 0 Å². The van der Waals surface area contributed by atoms with Gasteiger partial charge in [0.05, 0.1) is 16.4 Å². The molecule has 94 valence electrons. The van der Waals surface area contributed by atoms with Gasteiger partial charge in [-0.15, -0.1) is 0 Å². The minimum atomic E-state index is 0.640. The van der Waals surface area contributed by atoms with Crippen molar-refractivity contribution in [2.24, 2.45) is 0 Å². The third kappa shape index (κ3) is 2.92. The fraction of sp³-hybridized carbons (Fsp3) is 0.615. The fourth-order valence-corrected chi connectivity index (χ4v) is 3.16. The Bertz CT molecular complexity index is 379. The summed E-state index contributed by atoms with van der Waals surface area (Å²) in [5, 5.41) is 0. The maximum absolute atomic E-state index is 5.74. The molecular weight excluding hydrogens is 278 g/mol. The second-order valence-electron chi connectivity index (χ2n) is 4.71. The third-order valence-corrected chi connectivity index (χ3v) is 3.95. The number of nitrogens with two attached hydrogens (primary N) is 1. The van der Waals surface area contributed by atoms with Crippen LogP contribution < -0.4 is 10.6 Å². The second-order valence-corrected chi connectivity index (χ2v) is 5.56. The summed E-state index contributed by atoms with van der Waals surface area (Å²) >= 11 is 3.58. The number of piperidine rings is 1. The number of hydrogen-bond donors (Lipinski definition) is 1. The van der Waals surface area contributed by atoms with E-state index in [2.05, 4.69) is 32.7 Å². The molecule has 1 aromatic rings. The Balaban J connectivity index is 2.23. The Morgan fingerprint density at radius 1 is 1.53 bits per heavy atom. The molecule has 1 aliphatic rings. The summed E-state index contributed by atoms with van der Waals surface area (Å²) in [4.78, 5) is 6.93. The molecule has 0 radical (unpaired) electrons. The van der Waals surface area contributed by atoms with Gasteiger partial charge >= 0.3 is 0 Å². The smallest absolute Gasteiger partial charge is 0.143 e. The maximum atomic E-state index is 5.74. The second kappa shape index (κ2) is 5.71. The SMILES string of the molecule is CCCC1CCCCN1c1ncc(N)cc1Br. The molecule has 2 heterocycles. The molecule has 0 amide bonds.